The zero-order valence-corrected chi connectivity index (χ0v) is 11.4. The van der Waals surface area contributed by atoms with Crippen molar-refractivity contribution in [2.45, 2.75) is 13.8 Å². The third-order valence-corrected chi connectivity index (χ3v) is 3.17. The van der Waals surface area contributed by atoms with E-state index in [-0.39, 0.29) is 5.56 Å². The molecule has 7 heteroatoms. The van der Waals surface area contributed by atoms with E-state index < -0.39 is 0 Å². The Balaban J connectivity index is 2.18. The first-order valence-corrected chi connectivity index (χ1v) is 6.50. The quantitative estimate of drug-likeness (QED) is 0.903. The number of nitrogens with zero attached hydrogens (tertiary/aromatic N) is 4. The summed E-state index contributed by atoms with van der Waals surface area (Å²) in [4.78, 5) is 11.2. The molecule has 0 saturated heterocycles. The third-order valence-electron chi connectivity index (χ3n) is 2.27. The van der Waals surface area contributed by atoms with Gasteiger partial charge in [-0.05, 0) is 12.0 Å². The lowest BCUT2D eigenvalue weighted by atomic mass is 10.2. The summed E-state index contributed by atoms with van der Waals surface area (Å²) in [6, 6.07) is 3.14. The van der Waals surface area contributed by atoms with Crippen molar-refractivity contribution in [3.63, 3.8) is 0 Å². The Labute approximate surface area is 109 Å². The maximum absolute atomic E-state index is 11.2. The van der Waals surface area contributed by atoms with Crippen molar-refractivity contribution in [1.29, 1.82) is 0 Å². The molecule has 0 fully saturated rings. The second-order valence-corrected chi connectivity index (χ2v) is 5.35. The fraction of sp³-hybridized carbons (Fsp3) is 0.455. The van der Waals surface area contributed by atoms with Gasteiger partial charge >= 0.3 is 0 Å². The minimum Gasteiger partial charge on any atom is -0.360 e. The van der Waals surface area contributed by atoms with E-state index in [1.165, 1.54) is 22.1 Å². The van der Waals surface area contributed by atoms with Gasteiger partial charge in [0.1, 0.15) is 5.69 Å². The summed E-state index contributed by atoms with van der Waals surface area (Å²) in [5, 5.41) is 16.9. The van der Waals surface area contributed by atoms with Gasteiger partial charge in [-0.25, -0.2) is 4.68 Å². The van der Waals surface area contributed by atoms with Gasteiger partial charge in [-0.1, -0.05) is 25.2 Å². The SMILES string of the molecule is CC(C)CNc1nnc(-c2ccc(=O)n(C)n2)s1. The average Bonchev–Trinajstić information content (AvgIpc) is 2.79. The zero-order chi connectivity index (χ0) is 13.1. The molecule has 0 spiro atoms. The molecule has 0 aliphatic rings. The highest BCUT2D eigenvalue weighted by Crippen LogP contribution is 2.23. The van der Waals surface area contributed by atoms with Gasteiger partial charge in [0, 0.05) is 19.7 Å². The predicted molar refractivity (Wildman–Crippen MR) is 71.7 cm³/mol. The van der Waals surface area contributed by atoms with Crippen molar-refractivity contribution in [1.82, 2.24) is 20.0 Å². The maximum atomic E-state index is 11.2. The number of rotatable bonds is 4. The maximum Gasteiger partial charge on any atom is 0.266 e. The van der Waals surface area contributed by atoms with Gasteiger partial charge in [0.25, 0.3) is 5.56 Å². The number of aryl methyl sites for hydroxylation is 1. The van der Waals surface area contributed by atoms with Crippen LogP contribution in [-0.4, -0.2) is 26.5 Å². The zero-order valence-electron chi connectivity index (χ0n) is 10.5. The number of aromatic nitrogens is 4. The molecule has 0 atom stereocenters. The lowest BCUT2D eigenvalue weighted by Gasteiger charge is -2.03. The van der Waals surface area contributed by atoms with Crippen molar-refractivity contribution < 1.29 is 0 Å². The molecule has 0 radical (unpaired) electrons. The molecule has 96 valence electrons. The lowest BCUT2D eigenvalue weighted by Crippen LogP contribution is -2.18. The van der Waals surface area contributed by atoms with Crippen molar-refractivity contribution in [2.75, 3.05) is 11.9 Å². The van der Waals surface area contributed by atoms with E-state index in [4.69, 9.17) is 0 Å². The van der Waals surface area contributed by atoms with Crippen LogP contribution in [0.3, 0.4) is 0 Å². The van der Waals surface area contributed by atoms with Gasteiger partial charge in [0.05, 0.1) is 0 Å². The van der Waals surface area contributed by atoms with Crippen molar-refractivity contribution in [2.24, 2.45) is 13.0 Å². The summed E-state index contributed by atoms with van der Waals surface area (Å²) in [5.74, 6) is 0.549. The van der Waals surface area contributed by atoms with E-state index in [0.717, 1.165) is 11.7 Å². The summed E-state index contributed by atoms with van der Waals surface area (Å²) in [5.41, 5.74) is 0.522. The van der Waals surface area contributed by atoms with Gasteiger partial charge in [-0.15, -0.1) is 10.2 Å². The van der Waals surface area contributed by atoms with E-state index in [1.54, 1.807) is 13.1 Å². The molecule has 0 saturated carbocycles. The Morgan fingerprint density at radius 2 is 2.17 bits per heavy atom. The summed E-state index contributed by atoms with van der Waals surface area (Å²) in [7, 11) is 1.62. The summed E-state index contributed by atoms with van der Waals surface area (Å²) in [6.07, 6.45) is 0. The van der Waals surface area contributed by atoms with Crippen LogP contribution in [0.5, 0.6) is 0 Å². The van der Waals surface area contributed by atoms with E-state index in [9.17, 15) is 4.79 Å². The van der Waals surface area contributed by atoms with Gasteiger partial charge in [-0.3, -0.25) is 4.79 Å². The largest absolute Gasteiger partial charge is 0.360 e. The van der Waals surface area contributed by atoms with Gasteiger partial charge < -0.3 is 5.32 Å². The van der Waals surface area contributed by atoms with Gasteiger partial charge in [-0.2, -0.15) is 5.10 Å². The Hall–Kier alpha value is -1.76. The van der Waals surface area contributed by atoms with Crippen LogP contribution in [-0.2, 0) is 7.05 Å². The Morgan fingerprint density at radius 1 is 1.39 bits per heavy atom. The minimum atomic E-state index is -0.138. The molecular weight excluding hydrogens is 250 g/mol. The highest BCUT2D eigenvalue weighted by Gasteiger charge is 2.08. The van der Waals surface area contributed by atoms with Crippen LogP contribution >= 0.6 is 11.3 Å². The van der Waals surface area contributed by atoms with Crippen LogP contribution in [0.4, 0.5) is 5.13 Å². The molecular formula is C11H15N5OS. The van der Waals surface area contributed by atoms with E-state index in [1.807, 2.05) is 0 Å². The molecule has 2 heterocycles. The van der Waals surface area contributed by atoms with Crippen molar-refractivity contribution in [3.8, 4) is 10.7 Å². The molecule has 1 N–H and O–H groups in total. The van der Waals surface area contributed by atoms with Crippen LogP contribution in [0.15, 0.2) is 16.9 Å². The first-order chi connectivity index (χ1) is 8.56. The Kier molecular flexibility index (Phi) is 3.71. The Bertz CT molecular complexity index is 589. The molecule has 0 aromatic carbocycles. The molecule has 0 bridgehead atoms. The summed E-state index contributed by atoms with van der Waals surface area (Å²) in [6.45, 7) is 5.11. The molecule has 0 aliphatic carbocycles. The van der Waals surface area contributed by atoms with Gasteiger partial charge in [0.2, 0.25) is 5.13 Å². The summed E-state index contributed by atoms with van der Waals surface area (Å²) >= 11 is 1.43. The fourth-order valence-electron chi connectivity index (χ4n) is 1.31. The first-order valence-electron chi connectivity index (χ1n) is 5.68. The lowest BCUT2D eigenvalue weighted by molar-refractivity contribution is 0.687. The fourth-order valence-corrected chi connectivity index (χ4v) is 2.02. The highest BCUT2D eigenvalue weighted by molar-refractivity contribution is 7.18. The smallest absolute Gasteiger partial charge is 0.266 e. The van der Waals surface area contributed by atoms with Crippen LogP contribution < -0.4 is 10.9 Å². The monoisotopic (exact) mass is 265 g/mol. The van der Waals surface area contributed by atoms with E-state index >= 15 is 0 Å². The van der Waals surface area contributed by atoms with Gasteiger partial charge in [0.15, 0.2) is 5.01 Å². The number of nitrogens with one attached hydrogen (secondary N) is 1. The van der Waals surface area contributed by atoms with Crippen molar-refractivity contribution in [3.05, 3.63) is 22.5 Å². The number of anilines is 1. The molecule has 2 rings (SSSR count). The summed E-state index contributed by atoms with van der Waals surface area (Å²) < 4.78 is 1.29. The van der Waals surface area contributed by atoms with Crippen LogP contribution in [0.25, 0.3) is 10.7 Å². The second-order valence-electron chi connectivity index (χ2n) is 4.37. The van der Waals surface area contributed by atoms with Crippen LogP contribution in [0.1, 0.15) is 13.8 Å². The topological polar surface area (TPSA) is 72.7 Å². The third kappa shape index (κ3) is 2.92. The second kappa shape index (κ2) is 5.26. The standard InChI is InChI=1S/C11H15N5OS/c1-7(2)6-12-11-14-13-10(18-11)8-4-5-9(17)16(3)15-8/h4-5,7H,6H2,1-3H3,(H,12,14). The molecule has 0 unspecified atom stereocenters. The number of hydrogen-bond acceptors (Lipinski definition) is 6. The van der Waals surface area contributed by atoms with E-state index in [0.29, 0.717) is 16.6 Å². The molecule has 6 nitrogen and oxygen atoms in total. The number of hydrogen-bond donors (Lipinski definition) is 1. The van der Waals surface area contributed by atoms with Crippen LogP contribution in [0.2, 0.25) is 0 Å². The Morgan fingerprint density at radius 3 is 2.83 bits per heavy atom. The first kappa shape index (κ1) is 12.7. The molecule has 2 aromatic rings. The molecule has 0 aliphatic heterocycles. The molecule has 2 aromatic heterocycles. The highest BCUT2D eigenvalue weighted by atomic mass is 32.1. The van der Waals surface area contributed by atoms with Crippen molar-refractivity contribution >= 4 is 16.5 Å². The average molecular weight is 265 g/mol. The molecule has 18 heavy (non-hydrogen) atoms. The molecule has 0 amide bonds. The predicted octanol–water partition coefficient (Wildman–Crippen LogP) is 1.37. The minimum absolute atomic E-state index is 0.138. The normalized spacial score (nSPS) is 10.9. The van der Waals surface area contributed by atoms with Crippen LogP contribution in [0, 0.1) is 5.92 Å². The van der Waals surface area contributed by atoms with E-state index in [2.05, 4.69) is 34.5 Å².